The Balaban J connectivity index is 2.05. The Bertz CT molecular complexity index is 155. The summed E-state index contributed by atoms with van der Waals surface area (Å²) in [7, 11) is 1.68. The monoisotopic (exact) mass is 200 g/mol. The van der Waals surface area contributed by atoms with E-state index in [1.54, 1.807) is 13.2 Å². The van der Waals surface area contributed by atoms with Gasteiger partial charge in [-0.3, -0.25) is 0 Å². The van der Waals surface area contributed by atoms with E-state index in [-0.39, 0.29) is 6.10 Å². The van der Waals surface area contributed by atoms with Crippen LogP contribution in [0.25, 0.3) is 0 Å². The number of rotatable bonds is 9. The zero-order valence-corrected chi connectivity index (χ0v) is 8.91. The first-order valence-corrected chi connectivity index (χ1v) is 5.16. The third kappa shape index (κ3) is 5.37. The highest BCUT2D eigenvalue weighted by Crippen LogP contribution is 2.29. The second kappa shape index (κ2) is 6.98. The fraction of sp³-hybridized carbons (Fsp3) is 0.818. The molecule has 0 saturated heterocycles. The van der Waals surface area contributed by atoms with Gasteiger partial charge in [-0.05, 0) is 18.8 Å². The maximum atomic E-state index is 5.67. The molecule has 0 heterocycles. The van der Waals surface area contributed by atoms with E-state index in [1.807, 2.05) is 0 Å². The van der Waals surface area contributed by atoms with Crippen LogP contribution < -0.4 is 0 Å². The molecule has 1 rings (SSSR count). The first kappa shape index (κ1) is 11.7. The van der Waals surface area contributed by atoms with Crippen LogP contribution in [0.3, 0.4) is 0 Å². The molecule has 0 aromatic heterocycles. The van der Waals surface area contributed by atoms with Crippen molar-refractivity contribution < 1.29 is 14.2 Å². The molecular formula is C11H20O3. The SMILES string of the molecule is C=CCOCC(COC)OCC1CC1. The lowest BCUT2D eigenvalue weighted by molar-refractivity contribution is -0.0499. The summed E-state index contributed by atoms with van der Waals surface area (Å²) >= 11 is 0. The van der Waals surface area contributed by atoms with E-state index in [9.17, 15) is 0 Å². The summed E-state index contributed by atoms with van der Waals surface area (Å²) in [4.78, 5) is 0. The lowest BCUT2D eigenvalue weighted by atomic mass is 10.4. The maximum Gasteiger partial charge on any atom is 0.104 e. The Kier molecular flexibility index (Phi) is 5.83. The van der Waals surface area contributed by atoms with Gasteiger partial charge in [0.25, 0.3) is 0 Å². The van der Waals surface area contributed by atoms with E-state index >= 15 is 0 Å². The van der Waals surface area contributed by atoms with Crippen LogP contribution >= 0.6 is 0 Å². The number of methoxy groups -OCH3 is 1. The van der Waals surface area contributed by atoms with Crippen LogP contribution in [-0.2, 0) is 14.2 Å². The molecule has 0 aromatic rings. The molecule has 1 fully saturated rings. The highest BCUT2D eigenvalue weighted by molar-refractivity contribution is 4.73. The summed E-state index contributed by atoms with van der Waals surface area (Å²) in [6.45, 7) is 6.21. The van der Waals surface area contributed by atoms with E-state index in [0.29, 0.717) is 19.8 Å². The van der Waals surface area contributed by atoms with Crippen LogP contribution in [0.15, 0.2) is 12.7 Å². The summed E-state index contributed by atoms with van der Waals surface area (Å²) in [6, 6.07) is 0. The first-order valence-electron chi connectivity index (χ1n) is 5.16. The van der Waals surface area contributed by atoms with Gasteiger partial charge in [-0.2, -0.15) is 0 Å². The molecular weight excluding hydrogens is 180 g/mol. The van der Waals surface area contributed by atoms with Gasteiger partial charge in [0.15, 0.2) is 0 Å². The summed E-state index contributed by atoms with van der Waals surface area (Å²) in [5.74, 6) is 0.786. The van der Waals surface area contributed by atoms with Crippen LogP contribution in [-0.4, -0.2) is 39.6 Å². The summed E-state index contributed by atoms with van der Waals surface area (Å²) in [5, 5.41) is 0. The van der Waals surface area contributed by atoms with Gasteiger partial charge in [0.05, 0.1) is 19.8 Å². The predicted molar refractivity (Wildman–Crippen MR) is 55.4 cm³/mol. The molecule has 1 atom stereocenters. The van der Waals surface area contributed by atoms with Crippen molar-refractivity contribution in [1.82, 2.24) is 0 Å². The summed E-state index contributed by atoms with van der Waals surface area (Å²) in [6.07, 6.45) is 4.44. The predicted octanol–water partition coefficient (Wildman–Crippen LogP) is 1.63. The van der Waals surface area contributed by atoms with Crippen molar-refractivity contribution in [3.63, 3.8) is 0 Å². The van der Waals surface area contributed by atoms with Gasteiger partial charge in [-0.1, -0.05) is 6.08 Å². The van der Waals surface area contributed by atoms with Crippen LogP contribution in [0, 0.1) is 5.92 Å². The molecule has 0 aliphatic heterocycles. The molecule has 3 nitrogen and oxygen atoms in total. The smallest absolute Gasteiger partial charge is 0.104 e. The Morgan fingerprint density at radius 3 is 2.79 bits per heavy atom. The normalized spacial score (nSPS) is 18.1. The average molecular weight is 200 g/mol. The molecule has 1 aliphatic rings. The molecule has 1 saturated carbocycles. The van der Waals surface area contributed by atoms with Crippen molar-refractivity contribution in [2.24, 2.45) is 5.92 Å². The molecule has 3 heteroatoms. The fourth-order valence-electron chi connectivity index (χ4n) is 1.17. The number of hydrogen-bond donors (Lipinski definition) is 0. The molecule has 0 spiro atoms. The van der Waals surface area contributed by atoms with Crippen molar-refractivity contribution in [3.05, 3.63) is 12.7 Å². The van der Waals surface area contributed by atoms with Gasteiger partial charge in [0, 0.05) is 13.7 Å². The quantitative estimate of drug-likeness (QED) is 0.418. The van der Waals surface area contributed by atoms with Crippen molar-refractivity contribution in [2.45, 2.75) is 18.9 Å². The van der Waals surface area contributed by atoms with Crippen molar-refractivity contribution in [3.8, 4) is 0 Å². The molecule has 82 valence electrons. The van der Waals surface area contributed by atoms with Gasteiger partial charge < -0.3 is 14.2 Å². The largest absolute Gasteiger partial charge is 0.382 e. The highest BCUT2D eigenvalue weighted by Gasteiger charge is 2.23. The van der Waals surface area contributed by atoms with Crippen molar-refractivity contribution in [1.29, 1.82) is 0 Å². The lowest BCUT2D eigenvalue weighted by Crippen LogP contribution is -2.26. The molecule has 1 unspecified atom stereocenters. The summed E-state index contributed by atoms with van der Waals surface area (Å²) in [5.41, 5.74) is 0. The number of hydrogen-bond acceptors (Lipinski definition) is 3. The van der Waals surface area contributed by atoms with Gasteiger partial charge in [-0.15, -0.1) is 6.58 Å². The van der Waals surface area contributed by atoms with Crippen molar-refractivity contribution >= 4 is 0 Å². The standard InChI is InChI=1S/C11H20O3/c1-3-6-13-9-11(8-12-2)14-7-10-4-5-10/h3,10-11H,1,4-9H2,2H3. The van der Waals surface area contributed by atoms with Crippen LogP contribution in [0.4, 0.5) is 0 Å². The Morgan fingerprint density at radius 2 is 2.21 bits per heavy atom. The minimum atomic E-state index is 0.0700. The van der Waals surface area contributed by atoms with Crippen LogP contribution in [0.1, 0.15) is 12.8 Å². The third-order valence-electron chi connectivity index (χ3n) is 2.16. The Hall–Kier alpha value is -0.380. The van der Waals surface area contributed by atoms with E-state index in [0.717, 1.165) is 12.5 Å². The molecule has 0 N–H and O–H groups in total. The van der Waals surface area contributed by atoms with Gasteiger partial charge in [0.2, 0.25) is 0 Å². The molecule has 0 bridgehead atoms. The highest BCUT2D eigenvalue weighted by atomic mass is 16.6. The van der Waals surface area contributed by atoms with Gasteiger partial charge >= 0.3 is 0 Å². The molecule has 0 amide bonds. The summed E-state index contributed by atoms with van der Waals surface area (Å²) < 4.78 is 16.1. The average Bonchev–Trinajstić information content (AvgIpc) is 2.98. The third-order valence-corrected chi connectivity index (χ3v) is 2.16. The number of ether oxygens (including phenoxy) is 3. The minimum absolute atomic E-state index is 0.0700. The van der Waals surface area contributed by atoms with E-state index in [1.165, 1.54) is 12.8 Å². The van der Waals surface area contributed by atoms with Crippen LogP contribution in [0.5, 0.6) is 0 Å². The second-order valence-electron chi connectivity index (χ2n) is 3.68. The second-order valence-corrected chi connectivity index (χ2v) is 3.68. The zero-order valence-electron chi connectivity index (χ0n) is 8.91. The minimum Gasteiger partial charge on any atom is -0.382 e. The topological polar surface area (TPSA) is 27.7 Å². The Morgan fingerprint density at radius 1 is 1.43 bits per heavy atom. The first-order chi connectivity index (χ1) is 6.86. The van der Waals surface area contributed by atoms with Gasteiger partial charge in [-0.25, -0.2) is 0 Å². The van der Waals surface area contributed by atoms with Crippen LogP contribution in [0.2, 0.25) is 0 Å². The van der Waals surface area contributed by atoms with Gasteiger partial charge in [0.1, 0.15) is 6.10 Å². The van der Waals surface area contributed by atoms with E-state index in [4.69, 9.17) is 14.2 Å². The molecule has 14 heavy (non-hydrogen) atoms. The Labute approximate surface area is 86.0 Å². The molecule has 0 aromatic carbocycles. The van der Waals surface area contributed by atoms with E-state index < -0.39 is 0 Å². The molecule has 0 radical (unpaired) electrons. The maximum absolute atomic E-state index is 5.67. The zero-order chi connectivity index (χ0) is 10.2. The van der Waals surface area contributed by atoms with Crippen molar-refractivity contribution in [2.75, 3.05) is 33.5 Å². The van der Waals surface area contributed by atoms with E-state index in [2.05, 4.69) is 6.58 Å². The molecule has 1 aliphatic carbocycles. The fourth-order valence-corrected chi connectivity index (χ4v) is 1.17. The lowest BCUT2D eigenvalue weighted by Gasteiger charge is -2.16.